The van der Waals surface area contributed by atoms with E-state index in [1.165, 1.54) is 36.0 Å². The van der Waals surface area contributed by atoms with Gasteiger partial charge in [0.05, 0.1) is 29.9 Å². The lowest BCUT2D eigenvalue weighted by molar-refractivity contribution is -0.274. The largest absolute Gasteiger partial charge is 0.573 e. The van der Waals surface area contributed by atoms with E-state index < -0.39 is 39.3 Å². The summed E-state index contributed by atoms with van der Waals surface area (Å²) in [6.07, 6.45) is -3.56. The molecule has 2 heterocycles. The summed E-state index contributed by atoms with van der Waals surface area (Å²) in [6, 6.07) is 7.01. The number of rotatable bonds is 7. The molecule has 0 fully saturated rings. The molecule has 0 bridgehead atoms. The molecule has 0 amide bonds. The first kappa shape index (κ1) is 23.6. The first-order chi connectivity index (χ1) is 14.7. The molecule has 3 rings (SSSR count). The first-order valence-corrected chi connectivity index (χ1v) is 10.6. The van der Waals surface area contributed by atoms with Gasteiger partial charge in [-0.2, -0.15) is 0 Å². The Morgan fingerprint density at radius 2 is 1.91 bits per heavy atom. The molecule has 3 N–H and O–H groups in total. The van der Waals surface area contributed by atoms with E-state index in [0.29, 0.717) is 0 Å². The Morgan fingerprint density at radius 3 is 2.56 bits per heavy atom. The predicted octanol–water partition coefficient (Wildman–Crippen LogP) is 1.92. The third-order valence-corrected chi connectivity index (χ3v) is 5.13. The van der Waals surface area contributed by atoms with Gasteiger partial charge < -0.3 is 9.84 Å². The summed E-state index contributed by atoms with van der Waals surface area (Å²) in [5.41, 5.74) is -1.57. The topological polar surface area (TPSA) is 133 Å². The second-order valence-corrected chi connectivity index (χ2v) is 8.71. The zero-order chi connectivity index (χ0) is 23.7. The molecule has 0 aliphatic carbocycles. The number of ether oxygens (including phenoxy) is 1. The fourth-order valence-corrected chi connectivity index (χ4v) is 3.81. The van der Waals surface area contributed by atoms with Crippen LogP contribution in [0.3, 0.4) is 0 Å². The van der Waals surface area contributed by atoms with Crippen LogP contribution in [-0.2, 0) is 22.2 Å². The highest BCUT2D eigenvalue weighted by molar-refractivity contribution is 7.89. The van der Waals surface area contributed by atoms with Gasteiger partial charge in [-0.05, 0) is 37.3 Å². The van der Waals surface area contributed by atoms with Crippen molar-refractivity contribution in [1.29, 1.82) is 0 Å². The van der Waals surface area contributed by atoms with Gasteiger partial charge in [0.1, 0.15) is 22.9 Å². The number of sulfonamides is 1. The van der Waals surface area contributed by atoms with Gasteiger partial charge in [-0.1, -0.05) is 11.3 Å². The van der Waals surface area contributed by atoms with Crippen molar-refractivity contribution in [3.05, 3.63) is 59.7 Å². The Hall–Kier alpha value is -3.10. The summed E-state index contributed by atoms with van der Waals surface area (Å²) >= 11 is 0. The maximum Gasteiger partial charge on any atom is 0.573 e. The lowest BCUT2D eigenvalue weighted by Gasteiger charge is -2.21. The lowest BCUT2D eigenvalue weighted by Crippen LogP contribution is -2.35. The number of alkyl halides is 3. The summed E-state index contributed by atoms with van der Waals surface area (Å²) in [4.78, 5) is 4.19. The van der Waals surface area contributed by atoms with Gasteiger partial charge in [-0.25, -0.2) is 27.6 Å². The summed E-state index contributed by atoms with van der Waals surface area (Å²) in [7, 11) is -4.00. The van der Waals surface area contributed by atoms with Crippen LogP contribution in [0.25, 0.3) is 11.4 Å². The number of nitrogens with zero attached hydrogens (tertiary/aromatic N) is 4. The van der Waals surface area contributed by atoms with E-state index in [9.17, 15) is 31.1 Å². The van der Waals surface area contributed by atoms with E-state index >= 15 is 0 Å². The zero-order valence-corrected chi connectivity index (χ0v) is 17.2. The number of hydrogen-bond acceptors (Lipinski definition) is 7. The van der Waals surface area contributed by atoms with Crippen LogP contribution in [0.4, 0.5) is 17.6 Å². The molecular formula is C18H17F4N5O4S. The quantitative estimate of drug-likeness (QED) is 0.499. The number of hydrogen-bond donors (Lipinski definition) is 2. The van der Waals surface area contributed by atoms with Crippen molar-refractivity contribution in [3.8, 4) is 17.1 Å². The van der Waals surface area contributed by atoms with Crippen LogP contribution < -0.4 is 9.88 Å². The van der Waals surface area contributed by atoms with Crippen molar-refractivity contribution in [1.82, 2.24) is 20.0 Å². The molecule has 172 valence electrons. The van der Waals surface area contributed by atoms with Crippen molar-refractivity contribution < 1.29 is 35.8 Å². The molecule has 0 saturated heterocycles. The average molecular weight is 475 g/mol. The number of pyridine rings is 1. The van der Waals surface area contributed by atoms with Crippen LogP contribution in [0, 0.1) is 5.82 Å². The first-order valence-electron chi connectivity index (χ1n) is 8.87. The Bertz CT molecular complexity index is 1230. The van der Waals surface area contributed by atoms with Gasteiger partial charge in [0.15, 0.2) is 0 Å². The molecule has 1 atom stereocenters. The van der Waals surface area contributed by atoms with Crippen LogP contribution >= 0.6 is 0 Å². The van der Waals surface area contributed by atoms with Crippen molar-refractivity contribution in [2.75, 3.05) is 5.75 Å². The van der Waals surface area contributed by atoms with Crippen molar-refractivity contribution in [2.45, 2.75) is 25.4 Å². The highest BCUT2D eigenvalue weighted by atomic mass is 32.2. The zero-order valence-electron chi connectivity index (χ0n) is 16.4. The number of benzene rings is 1. The number of primary sulfonamides is 1. The van der Waals surface area contributed by atoms with Crippen LogP contribution in [0.1, 0.15) is 18.2 Å². The van der Waals surface area contributed by atoms with Gasteiger partial charge in [0.2, 0.25) is 10.0 Å². The molecule has 0 spiro atoms. The highest BCUT2D eigenvalue weighted by Gasteiger charge is 2.32. The molecule has 1 aromatic carbocycles. The van der Waals surface area contributed by atoms with Gasteiger partial charge in [-0.3, -0.25) is 0 Å². The van der Waals surface area contributed by atoms with Crippen molar-refractivity contribution in [2.24, 2.45) is 5.14 Å². The van der Waals surface area contributed by atoms with Crippen molar-refractivity contribution in [3.63, 3.8) is 0 Å². The lowest BCUT2D eigenvalue weighted by atomic mass is 10.0. The minimum atomic E-state index is -4.92. The Balaban J connectivity index is 1.84. The normalized spacial score (nSPS) is 14.2. The fourth-order valence-electron chi connectivity index (χ4n) is 2.88. The van der Waals surface area contributed by atoms with Crippen LogP contribution in [0.5, 0.6) is 5.75 Å². The highest BCUT2D eigenvalue weighted by Crippen LogP contribution is 2.26. The van der Waals surface area contributed by atoms with Crippen molar-refractivity contribution >= 4 is 10.0 Å². The van der Waals surface area contributed by atoms with E-state index in [-0.39, 0.29) is 29.2 Å². The number of nitrogens with two attached hydrogens (primary N) is 1. The molecule has 0 radical (unpaired) electrons. The summed E-state index contributed by atoms with van der Waals surface area (Å²) < 4.78 is 78.9. The predicted molar refractivity (Wildman–Crippen MR) is 103 cm³/mol. The van der Waals surface area contributed by atoms with E-state index in [0.717, 1.165) is 18.2 Å². The molecule has 14 heteroatoms. The Labute approximate surface area is 179 Å². The van der Waals surface area contributed by atoms with Crippen LogP contribution in [0.15, 0.2) is 42.6 Å². The van der Waals surface area contributed by atoms with E-state index in [1.807, 2.05) is 0 Å². The maximum absolute atomic E-state index is 14.0. The smallest absolute Gasteiger partial charge is 0.406 e. The second-order valence-electron chi connectivity index (χ2n) is 7.09. The number of halogens is 4. The number of aliphatic hydroxyl groups is 1. The summed E-state index contributed by atoms with van der Waals surface area (Å²) in [5, 5.41) is 23.1. The minimum Gasteiger partial charge on any atom is -0.406 e. The summed E-state index contributed by atoms with van der Waals surface area (Å²) in [5.74, 6) is -2.12. The summed E-state index contributed by atoms with van der Waals surface area (Å²) in [6.45, 7) is 0.982. The Kier molecular flexibility index (Phi) is 6.22. The second kappa shape index (κ2) is 8.44. The molecule has 3 aromatic rings. The van der Waals surface area contributed by atoms with E-state index in [4.69, 9.17) is 5.14 Å². The number of aromatic nitrogens is 4. The fraction of sp³-hybridized carbons (Fsp3) is 0.278. The standard InChI is InChI=1S/C18H17F4N5O4S/c1-17(28,10-32(23,29)30)16-4-2-3-14(24-16)15-9-27(26-25-15)8-11-7-12(5-6-13(11)19)31-18(20,21)22/h2-7,9,28H,8,10H2,1H3,(H2,23,29,30). The maximum atomic E-state index is 14.0. The molecular weight excluding hydrogens is 458 g/mol. The molecule has 1 unspecified atom stereocenters. The van der Waals surface area contributed by atoms with Gasteiger partial charge in [0, 0.05) is 5.56 Å². The minimum absolute atomic E-state index is 0.0154. The molecule has 9 nitrogen and oxygen atoms in total. The SMILES string of the molecule is CC(O)(CS(N)(=O)=O)c1cccc(-c2cn(Cc3cc(OC(F)(F)F)ccc3F)nn2)n1. The molecule has 32 heavy (non-hydrogen) atoms. The molecule has 2 aromatic heterocycles. The van der Waals surface area contributed by atoms with E-state index in [2.05, 4.69) is 20.0 Å². The molecule has 0 aliphatic rings. The molecule has 0 aliphatic heterocycles. The van der Waals surface area contributed by atoms with Gasteiger partial charge >= 0.3 is 6.36 Å². The third-order valence-electron chi connectivity index (χ3n) is 4.17. The van der Waals surface area contributed by atoms with Gasteiger partial charge in [-0.15, -0.1) is 18.3 Å². The molecule has 0 saturated carbocycles. The Morgan fingerprint density at radius 1 is 1.19 bits per heavy atom. The van der Waals surface area contributed by atoms with Crippen LogP contribution in [0.2, 0.25) is 0 Å². The van der Waals surface area contributed by atoms with Gasteiger partial charge in [0.25, 0.3) is 0 Å². The third kappa shape index (κ3) is 6.21. The monoisotopic (exact) mass is 475 g/mol. The van der Waals surface area contributed by atoms with E-state index in [1.54, 1.807) is 0 Å². The van der Waals surface area contributed by atoms with Crippen LogP contribution in [-0.4, -0.2) is 45.6 Å². The average Bonchev–Trinajstić information content (AvgIpc) is 3.10.